The molecule has 0 saturated heterocycles. The number of hydrogen-bond acceptors (Lipinski definition) is 5. The summed E-state index contributed by atoms with van der Waals surface area (Å²) in [5.41, 5.74) is 0.380. The minimum absolute atomic E-state index is 0.114. The zero-order valence-corrected chi connectivity index (χ0v) is 14.4. The molecule has 0 heterocycles. The third-order valence-corrected chi connectivity index (χ3v) is 3.55. The zero-order valence-electron chi connectivity index (χ0n) is 13.7. The van der Waals surface area contributed by atoms with Gasteiger partial charge in [-0.15, -0.1) is 0 Å². The molecular formula is C18H16ClFO5. The quantitative estimate of drug-likeness (QED) is 0.552. The van der Waals surface area contributed by atoms with Gasteiger partial charge in [-0.25, -0.2) is 9.18 Å². The fourth-order valence-corrected chi connectivity index (χ4v) is 2.32. The Labute approximate surface area is 149 Å². The molecule has 132 valence electrons. The largest absolute Gasteiger partial charge is 0.495 e. The SMILES string of the molecule is CCOC(=O)COc1cc(OC)c(Cl)cc1C(=O)c1ccc(F)cc1. The van der Waals surface area contributed by atoms with E-state index in [4.69, 9.17) is 25.8 Å². The molecule has 2 aromatic carbocycles. The summed E-state index contributed by atoms with van der Waals surface area (Å²) in [5.74, 6) is -1.05. The van der Waals surface area contributed by atoms with Crippen LogP contribution in [0, 0.1) is 5.82 Å². The number of rotatable bonds is 7. The second-order valence-electron chi connectivity index (χ2n) is 4.91. The molecule has 0 atom stereocenters. The Kier molecular flexibility index (Phi) is 6.36. The molecule has 0 aliphatic carbocycles. The molecule has 5 nitrogen and oxygen atoms in total. The molecule has 0 fully saturated rings. The number of hydrogen-bond donors (Lipinski definition) is 0. The van der Waals surface area contributed by atoms with Gasteiger partial charge in [0.1, 0.15) is 17.3 Å². The van der Waals surface area contributed by atoms with Crippen LogP contribution in [0.1, 0.15) is 22.8 Å². The van der Waals surface area contributed by atoms with Crippen LogP contribution in [0.2, 0.25) is 5.02 Å². The van der Waals surface area contributed by atoms with Crippen LogP contribution < -0.4 is 9.47 Å². The van der Waals surface area contributed by atoms with E-state index in [0.717, 1.165) is 0 Å². The van der Waals surface area contributed by atoms with E-state index in [1.165, 1.54) is 43.5 Å². The number of carbonyl (C=O) groups excluding carboxylic acids is 2. The van der Waals surface area contributed by atoms with Gasteiger partial charge in [0.15, 0.2) is 12.4 Å². The Hall–Kier alpha value is -2.60. The first kappa shape index (κ1) is 18.7. The third-order valence-electron chi connectivity index (χ3n) is 3.26. The minimum atomic E-state index is -0.573. The van der Waals surface area contributed by atoms with E-state index >= 15 is 0 Å². The Morgan fingerprint density at radius 3 is 2.40 bits per heavy atom. The van der Waals surface area contributed by atoms with E-state index in [0.29, 0.717) is 0 Å². The normalized spacial score (nSPS) is 10.2. The van der Waals surface area contributed by atoms with Crippen LogP contribution >= 0.6 is 11.6 Å². The molecule has 0 aliphatic rings. The van der Waals surface area contributed by atoms with Crippen LogP contribution in [0.25, 0.3) is 0 Å². The van der Waals surface area contributed by atoms with Gasteiger partial charge in [0.25, 0.3) is 0 Å². The monoisotopic (exact) mass is 366 g/mol. The Morgan fingerprint density at radius 1 is 1.12 bits per heavy atom. The first-order valence-corrected chi connectivity index (χ1v) is 7.80. The number of carbonyl (C=O) groups is 2. The predicted octanol–water partition coefficient (Wildman–Crippen LogP) is 3.66. The maximum absolute atomic E-state index is 13.1. The molecule has 0 amide bonds. The molecule has 0 bridgehead atoms. The van der Waals surface area contributed by atoms with Crippen molar-refractivity contribution in [1.82, 2.24) is 0 Å². The summed E-state index contributed by atoms with van der Waals surface area (Å²) in [6.45, 7) is 1.52. The number of esters is 1. The fourth-order valence-electron chi connectivity index (χ4n) is 2.08. The number of halogens is 2. The average molecular weight is 367 g/mol. The lowest BCUT2D eigenvalue weighted by molar-refractivity contribution is -0.145. The van der Waals surface area contributed by atoms with Crippen molar-refractivity contribution < 1.29 is 28.2 Å². The van der Waals surface area contributed by atoms with E-state index < -0.39 is 17.6 Å². The van der Waals surface area contributed by atoms with Crippen LogP contribution in [0.5, 0.6) is 11.5 Å². The van der Waals surface area contributed by atoms with Gasteiger partial charge in [-0.3, -0.25) is 4.79 Å². The molecule has 0 unspecified atom stereocenters. The molecule has 0 aliphatic heterocycles. The summed E-state index contributed by atoms with van der Waals surface area (Å²) in [4.78, 5) is 24.2. The summed E-state index contributed by atoms with van der Waals surface area (Å²) in [7, 11) is 1.41. The van der Waals surface area contributed by atoms with Gasteiger partial charge in [0.2, 0.25) is 0 Å². The summed E-state index contributed by atoms with van der Waals surface area (Å²) in [6.07, 6.45) is 0. The lowest BCUT2D eigenvalue weighted by Crippen LogP contribution is -2.16. The molecule has 0 spiro atoms. The molecule has 0 saturated carbocycles. The second-order valence-corrected chi connectivity index (χ2v) is 5.32. The molecule has 25 heavy (non-hydrogen) atoms. The Morgan fingerprint density at radius 2 is 1.80 bits per heavy atom. The summed E-state index contributed by atoms with van der Waals surface area (Å²) < 4.78 is 28.4. The molecule has 0 aromatic heterocycles. The number of methoxy groups -OCH3 is 1. The van der Waals surface area contributed by atoms with E-state index in [2.05, 4.69) is 0 Å². The fraction of sp³-hybridized carbons (Fsp3) is 0.222. The molecule has 0 radical (unpaired) electrons. The first-order valence-electron chi connectivity index (χ1n) is 7.42. The topological polar surface area (TPSA) is 61.8 Å². The van der Waals surface area contributed by atoms with Crippen LogP contribution in [-0.2, 0) is 9.53 Å². The first-order chi connectivity index (χ1) is 12.0. The number of ketones is 1. The lowest BCUT2D eigenvalue weighted by atomic mass is 10.0. The van der Waals surface area contributed by atoms with Crippen molar-refractivity contribution in [3.05, 3.63) is 58.4 Å². The lowest BCUT2D eigenvalue weighted by Gasteiger charge is -2.13. The van der Waals surface area contributed by atoms with E-state index in [1.54, 1.807) is 6.92 Å². The maximum Gasteiger partial charge on any atom is 0.344 e. The van der Waals surface area contributed by atoms with Crippen molar-refractivity contribution in [3.63, 3.8) is 0 Å². The smallest absolute Gasteiger partial charge is 0.344 e. The average Bonchev–Trinajstić information content (AvgIpc) is 2.60. The summed E-state index contributed by atoms with van der Waals surface area (Å²) in [5, 5.41) is 0.205. The van der Waals surface area contributed by atoms with Crippen molar-refractivity contribution in [2.24, 2.45) is 0 Å². The standard InChI is InChI=1S/C18H16ClFO5/c1-3-24-17(21)10-25-15-9-16(23-2)14(19)8-13(15)18(22)11-4-6-12(20)7-5-11/h4-9H,3,10H2,1-2H3. The van der Waals surface area contributed by atoms with E-state index in [-0.39, 0.29) is 40.9 Å². The highest BCUT2D eigenvalue weighted by Gasteiger charge is 2.19. The second kappa shape index (κ2) is 8.48. The van der Waals surface area contributed by atoms with Gasteiger partial charge in [-0.1, -0.05) is 11.6 Å². The van der Waals surface area contributed by atoms with Crippen LogP contribution in [0.3, 0.4) is 0 Å². The maximum atomic E-state index is 13.1. The molecular weight excluding hydrogens is 351 g/mol. The van der Waals surface area contributed by atoms with Gasteiger partial charge in [-0.2, -0.15) is 0 Å². The minimum Gasteiger partial charge on any atom is -0.495 e. The van der Waals surface area contributed by atoms with Gasteiger partial charge in [0.05, 0.1) is 24.3 Å². The van der Waals surface area contributed by atoms with Crippen LogP contribution in [-0.4, -0.2) is 32.1 Å². The predicted molar refractivity (Wildman–Crippen MR) is 90.0 cm³/mol. The van der Waals surface area contributed by atoms with Crippen molar-refractivity contribution in [2.45, 2.75) is 6.92 Å². The molecule has 2 rings (SSSR count). The number of benzene rings is 2. The molecule has 2 aromatic rings. The Bertz CT molecular complexity index is 774. The van der Waals surface area contributed by atoms with Crippen molar-refractivity contribution in [1.29, 1.82) is 0 Å². The van der Waals surface area contributed by atoms with Gasteiger partial charge < -0.3 is 14.2 Å². The highest BCUT2D eigenvalue weighted by molar-refractivity contribution is 6.32. The van der Waals surface area contributed by atoms with Gasteiger partial charge in [-0.05, 0) is 37.3 Å². The highest BCUT2D eigenvalue weighted by Crippen LogP contribution is 2.34. The summed E-state index contributed by atoms with van der Waals surface area (Å²) >= 11 is 6.09. The number of ether oxygens (including phenoxy) is 3. The molecule has 7 heteroatoms. The molecule has 0 N–H and O–H groups in total. The van der Waals surface area contributed by atoms with Crippen LogP contribution in [0.15, 0.2) is 36.4 Å². The van der Waals surface area contributed by atoms with E-state index in [1.807, 2.05) is 0 Å². The van der Waals surface area contributed by atoms with Crippen molar-refractivity contribution >= 4 is 23.4 Å². The summed E-state index contributed by atoms with van der Waals surface area (Å²) in [6, 6.07) is 7.86. The van der Waals surface area contributed by atoms with E-state index in [9.17, 15) is 14.0 Å². The zero-order chi connectivity index (χ0) is 18.4. The van der Waals surface area contributed by atoms with Crippen molar-refractivity contribution in [3.8, 4) is 11.5 Å². The van der Waals surface area contributed by atoms with Crippen molar-refractivity contribution in [2.75, 3.05) is 20.3 Å². The third kappa shape index (κ3) is 4.70. The van der Waals surface area contributed by atoms with Gasteiger partial charge in [0, 0.05) is 11.6 Å². The van der Waals surface area contributed by atoms with Crippen LogP contribution in [0.4, 0.5) is 4.39 Å². The Balaban J connectivity index is 2.37. The van der Waals surface area contributed by atoms with Gasteiger partial charge >= 0.3 is 5.97 Å². The highest BCUT2D eigenvalue weighted by atomic mass is 35.5.